The van der Waals surface area contributed by atoms with E-state index in [0.717, 1.165) is 41.4 Å². The molecule has 0 saturated heterocycles. The Hall–Kier alpha value is -3.04. The highest BCUT2D eigenvalue weighted by Gasteiger charge is 2.46. The van der Waals surface area contributed by atoms with E-state index in [1.165, 1.54) is 12.1 Å². The zero-order chi connectivity index (χ0) is 41.5. The van der Waals surface area contributed by atoms with Gasteiger partial charge in [0.05, 0.1) is 23.5 Å². The Balaban J connectivity index is 0.000000177. The van der Waals surface area contributed by atoms with E-state index < -0.39 is 59.2 Å². The molecule has 0 aromatic heterocycles. The summed E-state index contributed by atoms with van der Waals surface area (Å²) >= 11 is 3.98. The van der Waals surface area contributed by atoms with Crippen molar-refractivity contribution in [1.82, 2.24) is 0 Å². The molecule has 58 heavy (non-hydrogen) atoms. The third kappa shape index (κ3) is 9.77. The molecule has 8 nitrogen and oxygen atoms in total. The number of aliphatic hydroxyl groups excluding tert-OH is 2. The number of anilines is 2. The maximum atomic E-state index is 14.8. The van der Waals surface area contributed by atoms with E-state index in [4.69, 9.17) is 20.9 Å². The molecule has 2 aliphatic carbocycles. The van der Waals surface area contributed by atoms with Gasteiger partial charge in [-0.15, -0.1) is 0 Å². The average molecular weight is 1040 g/mol. The Bertz CT molecular complexity index is 2020. The van der Waals surface area contributed by atoms with Crippen LogP contribution < -0.4 is 31.6 Å². The van der Waals surface area contributed by atoms with Crippen molar-refractivity contribution in [1.29, 1.82) is 0 Å². The van der Waals surface area contributed by atoms with Crippen LogP contribution >= 0.6 is 45.2 Å². The number of benzene rings is 4. The second kappa shape index (κ2) is 17.5. The van der Waals surface area contributed by atoms with Crippen molar-refractivity contribution in [3.63, 3.8) is 0 Å². The highest BCUT2D eigenvalue weighted by Crippen LogP contribution is 2.52. The van der Waals surface area contributed by atoms with Crippen LogP contribution in [0, 0.1) is 52.9 Å². The summed E-state index contributed by atoms with van der Waals surface area (Å²) in [5.41, 5.74) is 13.1. The summed E-state index contributed by atoms with van der Waals surface area (Å²) in [5, 5.41) is 27.0. The van der Waals surface area contributed by atoms with Crippen LogP contribution in [0.4, 0.5) is 37.7 Å². The Kier molecular flexibility index (Phi) is 13.0. The SMILES string of the molecule is NC1CC2(CC2)CNc2c(cc(F)c(F)c2Cc2ccc(I)cc2F)OCC1O.NC1COc2cc(F)c(F)c(Cc3ccc(I)cc3F)c2NCC2(CC2)CC1O. The third-order valence-electron chi connectivity index (χ3n) is 11.7. The maximum Gasteiger partial charge on any atom is 0.164 e. The summed E-state index contributed by atoms with van der Waals surface area (Å²) in [5.74, 6) is -4.95. The number of halogens is 8. The second-order valence-corrected chi connectivity index (χ2v) is 18.6. The molecule has 312 valence electrons. The predicted molar refractivity (Wildman–Crippen MR) is 225 cm³/mol. The van der Waals surface area contributed by atoms with Crippen LogP contribution in [0.15, 0.2) is 48.5 Å². The van der Waals surface area contributed by atoms with E-state index >= 15 is 0 Å². The van der Waals surface area contributed by atoms with Crippen LogP contribution in [0.2, 0.25) is 0 Å². The predicted octanol–water partition coefficient (Wildman–Crippen LogP) is 7.92. The summed E-state index contributed by atoms with van der Waals surface area (Å²) in [6, 6.07) is 10.1. The lowest BCUT2D eigenvalue weighted by Gasteiger charge is -2.29. The Morgan fingerprint density at radius 1 is 0.603 bits per heavy atom. The molecule has 0 amide bonds. The number of nitrogens with two attached hydrogens (primary N) is 2. The minimum Gasteiger partial charge on any atom is -0.490 e. The van der Waals surface area contributed by atoms with Crippen LogP contribution in [-0.2, 0) is 12.8 Å². The molecule has 2 aliphatic heterocycles. The molecule has 4 aromatic carbocycles. The first kappa shape index (κ1) is 43.1. The number of hydrogen-bond acceptors (Lipinski definition) is 8. The van der Waals surface area contributed by atoms with Crippen molar-refractivity contribution in [3.05, 3.63) is 113 Å². The first-order chi connectivity index (χ1) is 27.6. The molecule has 0 bridgehead atoms. The van der Waals surface area contributed by atoms with Gasteiger partial charge in [-0.2, -0.15) is 0 Å². The zero-order valence-corrected chi connectivity index (χ0v) is 35.6. The average Bonchev–Trinajstić information content (AvgIpc) is 4.12. The van der Waals surface area contributed by atoms with Crippen molar-refractivity contribution in [2.45, 2.75) is 75.7 Å². The Morgan fingerprint density at radius 2 is 1.05 bits per heavy atom. The lowest BCUT2D eigenvalue weighted by Crippen LogP contribution is -2.42. The van der Waals surface area contributed by atoms with Crippen LogP contribution in [0.1, 0.15) is 60.8 Å². The van der Waals surface area contributed by atoms with Crippen LogP contribution in [0.25, 0.3) is 0 Å². The highest BCUT2D eigenvalue weighted by molar-refractivity contribution is 14.1. The van der Waals surface area contributed by atoms with E-state index in [1.54, 1.807) is 24.3 Å². The van der Waals surface area contributed by atoms with Crippen molar-refractivity contribution >= 4 is 56.6 Å². The molecule has 2 saturated carbocycles. The molecule has 4 aliphatic rings. The normalized spacial score (nSPS) is 23.1. The van der Waals surface area contributed by atoms with Gasteiger partial charge < -0.3 is 41.8 Å². The third-order valence-corrected chi connectivity index (χ3v) is 13.0. The molecule has 2 spiro atoms. The van der Waals surface area contributed by atoms with Crippen molar-refractivity contribution < 1.29 is 46.0 Å². The molecule has 2 heterocycles. The van der Waals surface area contributed by atoms with Crippen molar-refractivity contribution in [2.24, 2.45) is 22.3 Å². The molecule has 4 atom stereocenters. The van der Waals surface area contributed by atoms with E-state index in [0.29, 0.717) is 40.9 Å². The summed E-state index contributed by atoms with van der Waals surface area (Å²) in [7, 11) is 0. The molecular formula is C42H44F6I2N4O4. The van der Waals surface area contributed by atoms with Gasteiger partial charge in [-0.05, 0) is 130 Å². The van der Waals surface area contributed by atoms with Gasteiger partial charge in [-0.1, -0.05) is 12.1 Å². The number of rotatable bonds is 4. The summed E-state index contributed by atoms with van der Waals surface area (Å²) in [6.45, 7) is 0.806. The first-order valence-corrected chi connectivity index (χ1v) is 21.2. The molecular weight excluding hydrogens is 992 g/mol. The fourth-order valence-electron chi connectivity index (χ4n) is 7.60. The fourth-order valence-corrected chi connectivity index (χ4v) is 8.51. The van der Waals surface area contributed by atoms with Gasteiger partial charge in [-0.3, -0.25) is 0 Å². The minimum atomic E-state index is -1.08. The minimum absolute atomic E-state index is 0.00951. The summed E-state index contributed by atoms with van der Waals surface area (Å²) < 4.78 is 99.7. The van der Waals surface area contributed by atoms with E-state index in [1.807, 2.05) is 45.2 Å². The molecule has 0 radical (unpaired) electrons. The second-order valence-electron chi connectivity index (χ2n) is 16.1. The quantitative estimate of drug-likeness (QED) is 0.0898. The largest absolute Gasteiger partial charge is 0.490 e. The van der Waals surface area contributed by atoms with Gasteiger partial charge in [0.25, 0.3) is 0 Å². The van der Waals surface area contributed by atoms with E-state index in [-0.39, 0.29) is 70.6 Å². The first-order valence-electron chi connectivity index (χ1n) is 19.1. The molecule has 8 N–H and O–H groups in total. The highest BCUT2D eigenvalue weighted by atomic mass is 127. The fraction of sp³-hybridized carbons (Fsp3) is 0.429. The van der Waals surface area contributed by atoms with Crippen LogP contribution in [0.3, 0.4) is 0 Å². The topological polar surface area (TPSA) is 135 Å². The number of nitrogens with one attached hydrogen (secondary N) is 2. The van der Waals surface area contributed by atoms with Gasteiger partial charge in [-0.25, -0.2) is 26.3 Å². The molecule has 4 aromatic rings. The van der Waals surface area contributed by atoms with Gasteiger partial charge in [0, 0.05) is 62.4 Å². The monoisotopic (exact) mass is 1040 g/mol. The lowest BCUT2D eigenvalue weighted by molar-refractivity contribution is 0.0752. The van der Waals surface area contributed by atoms with Crippen LogP contribution in [0.5, 0.6) is 11.5 Å². The smallest absolute Gasteiger partial charge is 0.164 e. The molecule has 8 rings (SSSR count). The lowest BCUT2D eigenvalue weighted by atomic mass is 9.93. The van der Waals surface area contributed by atoms with E-state index in [9.17, 15) is 36.6 Å². The van der Waals surface area contributed by atoms with E-state index in [2.05, 4.69) is 10.6 Å². The summed E-state index contributed by atoms with van der Waals surface area (Å²) in [4.78, 5) is 0. The summed E-state index contributed by atoms with van der Waals surface area (Å²) in [6.07, 6.45) is 2.98. The molecule has 16 heteroatoms. The number of aliphatic hydroxyl groups is 2. The maximum absolute atomic E-state index is 14.8. The van der Waals surface area contributed by atoms with Crippen molar-refractivity contribution in [2.75, 3.05) is 36.9 Å². The molecule has 2 fully saturated rings. The standard InChI is InChI=1S/2C21H22F3IN2O2/c22-14-6-12(25)2-1-11(14)5-13-19(24)15(23)7-18-20(13)27-10-21(3-4-21)8-17(28)16(26)9-29-18;22-14-6-12(25)2-1-11(14)5-13-19(24)15(23)7-18-20(13)27-10-21(3-4-21)8-16(26)17(28)9-29-18/h2*1-2,6-7,16-17,27-28H,3-5,8-10,26H2. The molecule has 4 unspecified atom stereocenters. The number of ether oxygens (including phenoxy) is 2. The van der Waals surface area contributed by atoms with Gasteiger partial charge in [0.15, 0.2) is 23.3 Å². The number of hydrogen-bond donors (Lipinski definition) is 6. The van der Waals surface area contributed by atoms with Gasteiger partial charge in [0.1, 0.15) is 42.5 Å². The van der Waals surface area contributed by atoms with Gasteiger partial charge >= 0.3 is 0 Å². The van der Waals surface area contributed by atoms with Crippen molar-refractivity contribution in [3.8, 4) is 11.5 Å². The van der Waals surface area contributed by atoms with Crippen LogP contribution in [-0.4, -0.2) is 60.8 Å². The zero-order valence-electron chi connectivity index (χ0n) is 31.3. The Morgan fingerprint density at radius 3 is 1.50 bits per heavy atom. The number of fused-ring (bicyclic) bond motifs is 2. The Labute approximate surface area is 359 Å². The van der Waals surface area contributed by atoms with Gasteiger partial charge in [0.2, 0.25) is 0 Å².